The lowest BCUT2D eigenvalue weighted by Gasteiger charge is -2.28. The van der Waals surface area contributed by atoms with Crippen molar-refractivity contribution >= 4 is 31.5 Å². The van der Waals surface area contributed by atoms with E-state index in [0.29, 0.717) is 0 Å². The molecule has 2 nitrogen and oxygen atoms in total. The van der Waals surface area contributed by atoms with E-state index in [2.05, 4.69) is 140 Å². The second kappa shape index (κ2) is 10.1. The van der Waals surface area contributed by atoms with Crippen LogP contribution >= 0.6 is 11.3 Å². The van der Waals surface area contributed by atoms with Crippen LogP contribution in [0, 0.1) is 0 Å². The highest BCUT2D eigenvalue weighted by molar-refractivity contribution is 7.25. The number of nitrogens with zero attached hydrogens (tertiary/aromatic N) is 2. The molecule has 8 aromatic rings. The van der Waals surface area contributed by atoms with Crippen LogP contribution < -0.4 is 0 Å². The molecule has 0 atom stereocenters. The molecule has 2 aromatic heterocycles. The van der Waals surface area contributed by atoms with Crippen LogP contribution in [0.1, 0.15) is 23.6 Å². The summed E-state index contributed by atoms with van der Waals surface area (Å²) in [4.78, 5) is 10.2. The molecule has 0 fully saturated rings. The lowest BCUT2D eigenvalue weighted by Crippen LogP contribution is -2.22. The Bertz CT molecular complexity index is 2340. The molecule has 1 aliphatic carbocycles. The molecule has 9 rings (SSSR count). The van der Waals surface area contributed by atoms with E-state index in [-0.39, 0.29) is 5.41 Å². The van der Waals surface area contributed by atoms with E-state index >= 15 is 0 Å². The second-order valence-electron chi connectivity index (χ2n) is 11.9. The quantitative estimate of drug-likeness (QED) is 0.203. The van der Waals surface area contributed by atoms with Crippen LogP contribution in [0.15, 0.2) is 152 Å². The summed E-state index contributed by atoms with van der Waals surface area (Å²) in [7, 11) is 0. The predicted molar refractivity (Wildman–Crippen MR) is 189 cm³/mol. The van der Waals surface area contributed by atoms with Crippen LogP contribution in [0.3, 0.4) is 0 Å². The minimum absolute atomic E-state index is 0.226. The van der Waals surface area contributed by atoms with Crippen LogP contribution in [0.5, 0.6) is 0 Å². The molecular weight excluding hydrogens is 565 g/mol. The maximum absolute atomic E-state index is 5.11. The third kappa shape index (κ3) is 4.08. The van der Waals surface area contributed by atoms with Gasteiger partial charge in [-0.3, -0.25) is 0 Å². The first-order valence-electron chi connectivity index (χ1n) is 15.3. The van der Waals surface area contributed by atoms with Gasteiger partial charge in [-0.2, -0.15) is 0 Å². The van der Waals surface area contributed by atoms with Crippen molar-refractivity contribution in [1.29, 1.82) is 0 Å². The molecule has 0 saturated heterocycles. The van der Waals surface area contributed by atoms with Crippen LogP contribution in [-0.2, 0) is 5.41 Å². The molecule has 1 aliphatic rings. The van der Waals surface area contributed by atoms with E-state index in [4.69, 9.17) is 9.97 Å². The minimum atomic E-state index is -0.226. The Kier molecular flexibility index (Phi) is 5.84. The first-order valence-corrected chi connectivity index (χ1v) is 16.1. The molecular formula is C42H28N2S. The molecule has 0 N–H and O–H groups in total. The van der Waals surface area contributed by atoms with Crippen molar-refractivity contribution in [2.45, 2.75) is 12.3 Å². The fraction of sp³-hybridized carbons (Fsp3) is 0.0476. The van der Waals surface area contributed by atoms with Crippen LogP contribution in [0.25, 0.3) is 65.2 Å². The Morgan fingerprint density at radius 2 is 1.04 bits per heavy atom. The van der Waals surface area contributed by atoms with Gasteiger partial charge in [-0.15, -0.1) is 11.3 Å². The molecule has 0 unspecified atom stereocenters. The summed E-state index contributed by atoms with van der Waals surface area (Å²) in [6.45, 7) is 2.35. The van der Waals surface area contributed by atoms with Crippen LogP contribution in [0.2, 0.25) is 0 Å². The van der Waals surface area contributed by atoms with E-state index in [1.54, 1.807) is 0 Å². The molecule has 212 valence electrons. The van der Waals surface area contributed by atoms with Gasteiger partial charge in [-0.25, -0.2) is 9.97 Å². The first kappa shape index (κ1) is 26.1. The van der Waals surface area contributed by atoms with E-state index < -0.39 is 0 Å². The standard InChI is InChI=1S/C42H28N2S/c1-42(35-16-8-5-13-31(35)32-14-6-9-17-36(32)42)30-22-19-27(20-23-30)37-26-38(44-41(43-37)28-11-3-2-4-12-28)29-21-24-40-34(25-29)33-15-7-10-18-39(33)45-40/h2-26H,1H3. The third-order valence-electron chi connectivity index (χ3n) is 9.41. The average molecular weight is 593 g/mol. The van der Waals surface area contributed by atoms with Crippen molar-refractivity contribution in [2.24, 2.45) is 0 Å². The fourth-order valence-corrected chi connectivity index (χ4v) is 8.17. The summed E-state index contributed by atoms with van der Waals surface area (Å²) in [6.07, 6.45) is 0. The summed E-state index contributed by atoms with van der Waals surface area (Å²) >= 11 is 1.84. The number of thiophene rings is 1. The Morgan fingerprint density at radius 1 is 0.467 bits per heavy atom. The highest BCUT2D eigenvalue weighted by Crippen LogP contribution is 2.52. The normalized spacial score (nSPS) is 13.2. The van der Waals surface area contributed by atoms with Crippen molar-refractivity contribution in [3.8, 4) is 45.0 Å². The van der Waals surface area contributed by atoms with Gasteiger partial charge in [-0.05, 0) is 59.0 Å². The summed E-state index contributed by atoms with van der Waals surface area (Å²) in [5, 5.41) is 2.56. The van der Waals surface area contributed by atoms with Gasteiger partial charge in [-0.1, -0.05) is 127 Å². The highest BCUT2D eigenvalue weighted by Gasteiger charge is 2.40. The summed E-state index contributed by atoms with van der Waals surface area (Å²) in [5.41, 5.74) is 11.4. The van der Waals surface area contributed by atoms with Crippen molar-refractivity contribution in [3.05, 3.63) is 168 Å². The Balaban J connectivity index is 1.18. The van der Waals surface area contributed by atoms with Gasteiger partial charge in [0.25, 0.3) is 0 Å². The molecule has 0 amide bonds. The third-order valence-corrected chi connectivity index (χ3v) is 10.6. The van der Waals surface area contributed by atoms with Gasteiger partial charge in [0.05, 0.1) is 11.4 Å². The second-order valence-corrected chi connectivity index (χ2v) is 13.0. The molecule has 3 heteroatoms. The predicted octanol–water partition coefficient (Wildman–Crippen LogP) is 11.2. The molecule has 0 radical (unpaired) electrons. The topological polar surface area (TPSA) is 25.8 Å². The zero-order valence-corrected chi connectivity index (χ0v) is 25.6. The highest BCUT2D eigenvalue weighted by atomic mass is 32.1. The Hall–Kier alpha value is -5.38. The zero-order chi connectivity index (χ0) is 30.0. The van der Waals surface area contributed by atoms with E-state index in [9.17, 15) is 0 Å². The fourth-order valence-electron chi connectivity index (χ4n) is 7.08. The molecule has 0 aliphatic heterocycles. The summed E-state index contributed by atoms with van der Waals surface area (Å²) in [5.74, 6) is 0.730. The molecule has 0 saturated carbocycles. The van der Waals surface area contributed by atoms with E-state index in [0.717, 1.165) is 33.9 Å². The van der Waals surface area contributed by atoms with Gasteiger partial charge in [0.1, 0.15) is 0 Å². The number of hydrogen-bond acceptors (Lipinski definition) is 3. The maximum atomic E-state index is 5.11. The lowest BCUT2D eigenvalue weighted by atomic mass is 9.74. The van der Waals surface area contributed by atoms with Gasteiger partial charge in [0.15, 0.2) is 5.82 Å². The van der Waals surface area contributed by atoms with Crippen LogP contribution in [0.4, 0.5) is 0 Å². The summed E-state index contributed by atoms with van der Waals surface area (Å²) in [6, 6.07) is 54.4. The van der Waals surface area contributed by atoms with Gasteiger partial charge >= 0.3 is 0 Å². The number of fused-ring (bicyclic) bond motifs is 6. The first-order chi connectivity index (χ1) is 22.2. The number of aromatic nitrogens is 2. The molecule has 0 bridgehead atoms. The number of benzene rings is 6. The Labute approximate surface area is 266 Å². The number of rotatable bonds is 4. The van der Waals surface area contributed by atoms with Crippen molar-refractivity contribution in [3.63, 3.8) is 0 Å². The van der Waals surface area contributed by atoms with Gasteiger partial charge in [0.2, 0.25) is 0 Å². The Morgan fingerprint density at radius 3 is 1.78 bits per heavy atom. The molecule has 6 aromatic carbocycles. The largest absolute Gasteiger partial charge is 0.228 e. The monoisotopic (exact) mass is 592 g/mol. The van der Waals surface area contributed by atoms with Crippen molar-refractivity contribution in [2.75, 3.05) is 0 Å². The van der Waals surface area contributed by atoms with E-state index in [1.165, 1.54) is 48.0 Å². The average Bonchev–Trinajstić information content (AvgIpc) is 3.62. The van der Waals surface area contributed by atoms with Gasteiger partial charge in [0, 0.05) is 42.3 Å². The van der Waals surface area contributed by atoms with Crippen molar-refractivity contribution in [1.82, 2.24) is 9.97 Å². The van der Waals surface area contributed by atoms with E-state index in [1.807, 2.05) is 29.5 Å². The minimum Gasteiger partial charge on any atom is -0.228 e. The SMILES string of the molecule is CC1(c2ccc(-c3cc(-c4ccc5sc6ccccc6c5c4)nc(-c4ccccc4)n3)cc2)c2ccccc2-c2ccccc21. The zero-order valence-electron chi connectivity index (χ0n) is 24.7. The van der Waals surface area contributed by atoms with Gasteiger partial charge < -0.3 is 0 Å². The molecule has 0 spiro atoms. The smallest absolute Gasteiger partial charge is 0.160 e. The van der Waals surface area contributed by atoms with Crippen molar-refractivity contribution < 1.29 is 0 Å². The van der Waals surface area contributed by atoms with Crippen LogP contribution in [-0.4, -0.2) is 9.97 Å². The number of hydrogen-bond donors (Lipinski definition) is 0. The summed E-state index contributed by atoms with van der Waals surface area (Å²) < 4.78 is 2.59. The maximum Gasteiger partial charge on any atom is 0.160 e. The lowest BCUT2D eigenvalue weighted by molar-refractivity contribution is 0.714. The molecule has 45 heavy (non-hydrogen) atoms. The molecule has 2 heterocycles.